The van der Waals surface area contributed by atoms with Gasteiger partial charge >= 0.3 is 0 Å². The maximum atomic E-state index is 13.4. The summed E-state index contributed by atoms with van der Waals surface area (Å²) >= 11 is 0. The Labute approximate surface area is 98.2 Å². The largest absolute Gasteiger partial charge is 0.437 e. The highest BCUT2D eigenvalue weighted by atomic mass is 19.1. The van der Waals surface area contributed by atoms with Crippen molar-refractivity contribution in [2.45, 2.75) is 13.5 Å². The topological polar surface area (TPSA) is 61.0 Å². The van der Waals surface area contributed by atoms with E-state index in [2.05, 4.69) is 10.2 Å². The van der Waals surface area contributed by atoms with Crippen LogP contribution in [0.25, 0.3) is 0 Å². The van der Waals surface area contributed by atoms with E-state index in [1.165, 1.54) is 6.07 Å². The lowest BCUT2D eigenvalue weighted by molar-refractivity contribution is 0.442. The van der Waals surface area contributed by atoms with Crippen LogP contribution < -0.4 is 10.5 Å². The fourth-order valence-corrected chi connectivity index (χ4v) is 1.43. The molecular formula is C12H12FN3O. The summed E-state index contributed by atoms with van der Waals surface area (Å²) in [5, 5.41) is 7.56. The Morgan fingerprint density at radius 2 is 2.24 bits per heavy atom. The summed E-state index contributed by atoms with van der Waals surface area (Å²) in [5.74, 6) is 0.309. The molecule has 0 fully saturated rings. The van der Waals surface area contributed by atoms with Crippen molar-refractivity contribution in [1.82, 2.24) is 10.2 Å². The summed E-state index contributed by atoms with van der Waals surface area (Å²) in [6.07, 6.45) is 1.61. The molecule has 5 heteroatoms. The van der Waals surface area contributed by atoms with Crippen LogP contribution in [0, 0.1) is 12.7 Å². The number of benzene rings is 1. The molecule has 0 aliphatic rings. The van der Waals surface area contributed by atoms with Gasteiger partial charge in [-0.1, -0.05) is 6.07 Å². The number of aryl methyl sites for hydroxylation is 1. The van der Waals surface area contributed by atoms with Crippen LogP contribution >= 0.6 is 0 Å². The second kappa shape index (κ2) is 4.88. The Morgan fingerprint density at radius 1 is 1.41 bits per heavy atom. The summed E-state index contributed by atoms with van der Waals surface area (Å²) in [6, 6.07) is 6.28. The van der Waals surface area contributed by atoms with E-state index < -0.39 is 0 Å². The predicted octanol–water partition coefficient (Wildman–Crippen LogP) is 2.18. The molecule has 1 aromatic heterocycles. The van der Waals surface area contributed by atoms with E-state index in [4.69, 9.17) is 10.5 Å². The molecule has 0 unspecified atom stereocenters. The zero-order valence-corrected chi connectivity index (χ0v) is 9.35. The van der Waals surface area contributed by atoms with Gasteiger partial charge < -0.3 is 10.5 Å². The zero-order chi connectivity index (χ0) is 12.3. The zero-order valence-electron chi connectivity index (χ0n) is 9.35. The summed E-state index contributed by atoms with van der Waals surface area (Å²) < 4.78 is 18.9. The molecule has 0 aliphatic carbocycles. The van der Waals surface area contributed by atoms with Crippen molar-refractivity contribution in [3.05, 3.63) is 47.4 Å². The number of nitrogens with two attached hydrogens (primary N) is 1. The van der Waals surface area contributed by atoms with Crippen LogP contribution in [-0.2, 0) is 6.54 Å². The Kier molecular flexibility index (Phi) is 3.30. The van der Waals surface area contributed by atoms with Crippen molar-refractivity contribution in [1.29, 1.82) is 0 Å². The second-order valence-corrected chi connectivity index (χ2v) is 3.59. The van der Waals surface area contributed by atoms with E-state index >= 15 is 0 Å². The minimum absolute atomic E-state index is 0.0707. The molecule has 0 aliphatic heterocycles. The normalized spacial score (nSPS) is 10.3. The summed E-state index contributed by atoms with van der Waals surface area (Å²) in [7, 11) is 0. The van der Waals surface area contributed by atoms with Crippen molar-refractivity contribution < 1.29 is 9.13 Å². The smallest absolute Gasteiger partial charge is 0.239 e. The second-order valence-electron chi connectivity index (χ2n) is 3.59. The number of hydrogen-bond donors (Lipinski definition) is 1. The van der Waals surface area contributed by atoms with Gasteiger partial charge in [0.2, 0.25) is 5.88 Å². The average Bonchev–Trinajstić information content (AvgIpc) is 2.29. The Balaban J connectivity index is 2.33. The Bertz CT molecular complexity index is 531. The quantitative estimate of drug-likeness (QED) is 0.882. The van der Waals surface area contributed by atoms with Crippen molar-refractivity contribution >= 4 is 0 Å². The molecule has 0 spiro atoms. The highest BCUT2D eigenvalue weighted by Crippen LogP contribution is 2.25. The van der Waals surface area contributed by atoms with Gasteiger partial charge in [-0.25, -0.2) is 4.39 Å². The van der Waals surface area contributed by atoms with Crippen molar-refractivity contribution in [3.8, 4) is 11.6 Å². The monoisotopic (exact) mass is 233 g/mol. The summed E-state index contributed by atoms with van der Waals surface area (Å²) in [4.78, 5) is 0. The molecule has 17 heavy (non-hydrogen) atoms. The molecule has 2 aromatic rings. The van der Waals surface area contributed by atoms with Gasteiger partial charge in [0.05, 0.1) is 6.20 Å². The highest BCUT2D eigenvalue weighted by molar-refractivity contribution is 5.37. The molecule has 0 amide bonds. The van der Waals surface area contributed by atoms with Gasteiger partial charge in [0.25, 0.3) is 0 Å². The van der Waals surface area contributed by atoms with Crippen molar-refractivity contribution in [3.63, 3.8) is 0 Å². The van der Waals surface area contributed by atoms with Crippen LogP contribution in [-0.4, -0.2) is 10.2 Å². The molecule has 88 valence electrons. The Hall–Kier alpha value is -2.01. The van der Waals surface area contributed by atoms with Gasteiger partial charge in [-0.15, -0.1) is 5.10 Å². The van der Waals surface area contributed by atoms with Gasteiger partial charge in [0.15, 0.2) is 0 Å². The molecule has 0 radical (unpaired) electrons. The first-order chi connectivity index (χ1) is 8.20. The van der Waals surface area contributed by atoms with E-state index in [-0.39, 0.29) is 12.4 Å². The molecule has 0 saturated carbocycles. The molecule has 0 bridgehead atoms. The molecule has 1 heterocycles. The van der Waals surface area contributed by atoms with E-state index in [0.717, 1.165) is 5.56 Å². The fraction of sp³-hybridized carbons (Fsp3) is 0.167. The molecule has 4 nitrogen and oxygen atoms in total. The number of rotatable bonds is 3. The number of halogens is 1. The molecule has 2 N–H and O–H groups in total. The van der Waals surface area contributed by atoms with Crippen LogP contribution in [0.3, 0.4) is 0 Å². The molecular weight excluding hydrogens is 221 g/mol. The SMILES string of the molecule is Cc1cnnc(Oc2cccc(F)c2CN)c1. The maximum Gasteiger partial charge on any atom is 0.239 e. The van der Waals surface area contributed by atoms with E-state index in [1.54, 1.807) is 24.4 Å². The molecule has 1 aromatic carbocycles. The highest BCUT2D eigenvalue weighted by Gasteiger charge is 2.09. The fourth-order valence-electron chi connectivity index (χ4n) is 1.43. The summed E-state index contributed by atoms with van der Waals surface area (Å²) in [5.41, 5.74) is 6.73. The van der Waals surface area contributed by atoms with Crippen LogP contribution in [0.1, 0.15) is 11.1 Å². The summed E-state index contributed by atoms with van der Waals surface area (Å²) in [6.45, 7) is 1.94. The number of aromatic nitrogens is 2. The van der Waals surface area contributed by atoms with Crippen molar-refractivity contribution in [2.24, 2.45) is 5.73 Å². The van der Waals surface area contributed by atoms with Crippen LogP contribution in [0.4, 0.5) is 4.39 Å². The maximum absolute atomic E-state index is 13.4. The molecule has 2 rings (SSSR count). The average molecular weight is 233 g/mol. The van der Waals surface area contributed by atoms with Crippen molar-refractivity contribution in [2.75, 3.05) is 0 Å². The Morgan fingerprint density at radius 3 is 2.94 bits per heavy atom. The number of hydrogen-bond acceptors (Lipinski definition) is 4. The lowest BCUT2D eigenvalue weighted by Crippen LogP contribution is -2.03. The van der Waals surface area contributed by atoms with E-state index in [1.807, 2.05) is 6.92 Å². The van der Waals surface area contributed by atoms with E-state index in [9.17, 15) is 4.39 Å². The minimum atomic E-state index is -0.384. The van der Waals surface area contributed by atoms with Crippen LogP contribution in [0.15, 0.2) is 30.5 Å². The van der Waals surface area contributed by atoms with Crippen LogP contribution in [0.2, 0.25) is 0 Å². The first-order valence-corrected chi connectivity index (χ1v) is 5.15. The van der Waals surface area contributed by atoms with E-state index in [0.29, 0.717) is 17.2 Å². The minimum Gasteiger partial charge on any atom is -0.437 e. The predicted molar refractivity (Wildman–Crippen MR) is 61.1 cm³/mol. The van der Waals surface area contributed by atoms with Gasteiger partial charge in [0, 0.05) is 18.2 Å². The van der Waals surface area contributed by atoms with Crippen LogP contribution in [0.5, 0.6) is 11.6 Å². The van der Waals surface area contributed by atoms with Gasteiger partial charge in [-0.05, 0) is 24.6 Å². The third kappa shape index (κ3) is 2.57. The van der Waals surface area contributed by atoms with Gasteiger partial charge in [0.1, 0.15) is 11.6 Å². The lowest BCUT2D eigenvalue weighted by atomic mass is 10.2. The third-order valence-corrected chi connectivity index (χ3v) is 2.26. The first kappa shape index (κ1) is 11.5. The standard InChI is InChI=1S/C12H12FN3O/c1-8-5-12(16-15-7-8)17-11-4-2-3-10(13)9(11)6-14/h2-5,7H,6,14H2,1H3. The van der Waals surface area contributed by atoms with Gasteiger partial charge in [-0.2, -0.15) is 5.10 Å². The lowest BCUT2D eigenvalue weighted by Gasteiger charge is -2.09. The number of ether oxygens (including phenoxy) is 1. The third-order valence-electron chi connectivity index (χ3n) is 2.26. The molecule has 0 saturated heterocycles. The van der Waals surface area contributed by atoms with Gasteiger partial charge in [-0.3, -0.25) is 0 Å². The molecule has 0 atom stereocenters. The first-order valence-electron chi connectivity index (χ1n) is 5.15. The number of nitrogens with zero attached hydrogens (tertiary/aromatic N) is 2.